The van der Waals surface area contributed by atoms with Gasteiger partial charge in [-0.1, -0.05) is 6.92 Å². The summed E-state index contributed by atoms with van der Waals surface area (Å²) >= 11 is 1.53. The Morgan fingerprint density at radius 2 is 2.06 bits per heavy atom. The van der Waals surface area contributed by atoms with E-state index in [0.29, 0.717) is 12.1 Å². The molecule has 2 heterocycles. The van der Waals surface area contributed by atoms with Crippen molar-refractivity contribution in [1.82, 2.24) is 14.3 Å². The van der Waals surface area contributed by atoms with E-state index < -0.39 is 0 Å². The summed E-state index contributed by atoms with van der Waals surface area (Å²) in [6.07, 6.45) is 3.39. The Kier molecular flexibility index (Phi) is 4.56. The number of rotatable bonds is 4. The molecule has 5 heteroatoms. The smallest absolute Gasteiger partial charge is 0.205 e. The van der Waals surface area contributed by atoms with Gasteiger partial charge in [0.05, 0.1) is 0 Å². The molecule has 0 spiro atoms. The van der Waals surface area contributed by atoms with E-state index in [4.69, 9.17) is 0 Å². The van der Waals surface area contributed by atoms with E-state index in [0.717, 1.165) is 17.4 Å². The van der Waals surface area contributed by atoms with E-state index in [1.54, 1.807) is 0 Å². The van der Waals surface area contributed by atoms with Gasteiger partial charge in [0.15, 0.2) is 0 Å². The van der Waals surface area contributed by atoms with Gasteiger partial charge in [-0.3, -0.25) is 0 Å². The Balaban J connectivity index is 1.92. The lowest BCUT2D eigenvalue weighted by Gasteiger charge is -2.38. The van der Waals surface area contributed by atoms with Gasteiger partial charge in [0.2, 0.25) is 5.13 Å². The first-order valence-electron chi connectivity index (χ1n) is 6.91. The summed E-state index contributed by atoms with van der Waals surface area (Å²) in [6, 6.07) is 1.29. The predicted octanol–water partition coefficient (Wildman–Crippen LogP) is 2.41. The molecule has 1 aliphatic heterocycles. The highest BCUT2D eigenvalue weighted by Crippen LogP contribution is 2.24. The fourth-order valence-electron chi connectivity index (χ4n) is 2.48. The highest BCUT2D eigenvalue weighted by molar-refractivity contribution is 7.09. The molecule has 1 fully saturated rings. The average Bonchev–Trinajstić information content (AvgIpc) is 2.86. The van der Waals surface area contributed by atoms with Crippen LogP contribution in [-0.4, -0.2) is 46.5 Å². The van der Waals surface area contributed by atoms with Crippen LogP contribution in [0.3, 0.4) is 0 Å². The summed E-state index contributed by atoms with van der Waals surface area (Å²) in [6.45, 7) is 9.07. The molecule has 1 aromatic heterocycles. The first-order valence-corrected chi connectivity index (χ1v) is 7.68. The Hall–Kier alpha value is -0.680. The van der Waals surface area contributed by atoms with Gasteiger partial charge < -0.3 is 9.80 Å². The molecule has 1 aliphatic rings. The van der Waals surface area contributed by atoms with Crippen LogP contribution in [0, 0.1) is 0 Å². The van der Waals surface area contributed by atoms with Crippen LogP contribution >= 0.6 is 11.5 Å². The quantitative estimate of drug-likeness (QED) is 0.839. The SMILES string of the molecule is CCc1nsc(N(C)C2CCN(C(C)C)CC2)n1. The second-order valence-corrected chi connectivity index (χ2v) is 6.05. The summed E-state index contributed by atoms with van der Waals surface area (Å²) in [5.74, 6) is 0.974. The minimum Gasteiger partial charge on any atom is -0.347 e. The van der Waals surface area contributed by atoms with Gasteiger partial charge in [0.25, 0.3) is 0 Å². The Bertz CT molecular complexity index is 369. The molecule has 4 nitrogen and oxygen atoms in total. The zero-order valence-corrected chi connectivity index (χ0v) is 12.7. The van der Waals surface area contributed by atoms with E-state index in [9.17, 15) is 0 Å². The van der Waals surface area contributed by atoms with Crippen LogP contribution in [0.1, 0.15) is 39.4 Å². The molecule has 0 aliphatic carbocycles. The summed E-state index contributed by atoms with van der Waals surface area (Å²) < 4.78 is 4.37. The largest absolute Gasteiger partial charge is 0.347 e. The molecule has 2 rings (SSSR count). The van der Waals surface area contributed by atoms with Crippen molar-refractivity contribution in [2.45, 2.75) is 52.1 Å². The molecule has 102 valence electrons. The van der Waals surface area contributed by atoms with Crippen LogP contribution in [0.15, 0.2) is 0 Å². The fraction of sp³-hybridized carbons (Fsp3) is 0.846. The third kappa shape index (κ3) is 3.01. The number of aromatic nitrogens is 2. The highest BCUT2D eigenvalue weighted by Gasteiger charge is 2.25. The monoisotopic (exact) mass is 268 g/mol. The summed E-state index contributed by atoms with van der Waals surface area (Å²) in [7, 11) is 2.16. The number of hydrogen-bond donors (Lipinski definition) is 0. The summed E-state index contributed by atoms with van der Waals surface area (Å²) in [5, 5.41) is 1.08. The maximum atomic E-state index is 4.58. The van der Waals surface area contributed by atoms with Gasteiger partial charge in [-0.2, -0.15) is 4.37 Å². The second kappa shape index (κ2) is 5.97. The van der Waals surface area contributed by atoms with E-state index >= 15 is 0 Å². The van der Waals surface area contributed by atoms with Gasteiger partial charge in [-0.25, -0.2) is 4.98 Å². The number of hydrogen-bond acceptors (Lipinski definition) is 5. The minimum absolute atomic E-state index is 0.623. The molecule has 0 aromatic carbocycles. The van der Waals surface area contributed by atoms with Crippen molar-refractivity contribution in [3.63, 3.8) is 0 Å². The number of aryl methyl sites for hydroxylation is 1. The molecule has 0 N–H and O–H groups in total. The molecule has 1 aromatic rings. The molecule has 1 saturated heterocycles. The first-order chi connectivity index (χ1) is 8.61. The van der Waals surface area contributed by atoms with Gasteiger partial charge in [0.1, 0.15) is 5.82 Å². The van der Waals surface area contributed by atoms with Gasteiger partial charge in [0, 0.05) is 50.2 Å². The molecule has 0 radical (unpaired) electrons. The molecular formula is C13H24N4S. The average molecular weight is 268 g/mol. The summed E-state index contributed by atoms with van der Waals surface area (Å²) in [4.78, 5) is 9.46. The van der Waals surface area contributed by atoms with Crippen LogP contribution in [0.4, 0.5) is 5.13 Å². The van der Waals surface area contributed by atoms with E-state index in [2.05, 4.69) is 47.0 Å². The van der Waals surface area contributed by atoms with Crippen LogP contribution in [0.5, 0.6) is 0 Å². The Morgan fingerprint density at radius 1 is 1.39 bits per heavy atom. The first kappa shape index (κ1) is 13.7. The van der Waals surface area contributed by atoms with Crippen LogP contribution in [0.25, 0.3) is 0 Å². The number of piperidine rings is 1. The molecule has 0 atom stereocenters. The molecule has 0 unspecified atom stereocenters. The van der Waals surface area contributed by atoms with Crippen molar-refractivity contribution in [3.8, 4) is 0 Å². The fourth-order valence-corrected chi connectivity index (χ4v) is 3.26. The van der Waals surface area contributed by atoms with Crippen molar-refractivity contribution in [1.29, 1.82) is 0 Å². The van der Waals surface area contributed by atoms with Crippen molar-refractivity contribution >= 4 is 16.7 Å². The standard InChI is InChI=1S/C13H24N4S/c1-5-12-14-13(18-15-12)16(4)11-6-8-17(9-7-11)10(2)3/h10-11H,5-9H2,1-4H3. The van der Waals surface area contributed by atoms with E-state index in [1.165, 1.54) is 37.5 Å². The topological polar surface area (TPSA) is 32.3 Å². The highest BCUT2D eigenvalue weighted by atomic mass is 32.1. The maximum absolute atomic E-state index is 4.58. The van der Waals surface area contributed by atoms with Gasteiger partial charge >= 0.3 is 0 Å². The molecule has 0 amide bonds. The normalized spacial score (nSPS) is 18.5. The van der Waals surface area contributed by atoms with Crippen molar-refractivity contribution in [3.05, 3.63) is 5.82 Å². The van der Waals surface area contributed by atoms with E-state index in [-0.39, 0.29) is 0 Å². The third-order valence-corrected chi connectivity index (χ3v) is 4.70. The lowest BCUT2D eigenvalue weighted by molar-refractivity contribution is 0.171. The number of anilines is 1. The van der Waals surface area contributed by atoms with Crippen molar-refractivity contribution < 1.29 is 0 Å². The Labute approximate surface area is 114 Å². The molecule has 0 bridgehead atoms. The summed E-state index contributed by atoms with van der Waals surface area (Å²) in [5.41, 5.74) is 0. The predicted molar refractivity (Wildman–Crippen MR) is 77.4 cm³/mol. The Morgan fingerprint density at radius 3 is 2.56 bits per heavy atom. The number of likely N-dealkylation sites (tertiary alicyclic amines) is 1. The molecule has 18 heavy (non-hydrogen) atoms. The molecule has 0 saturated carbocycles. The van der Waals surface area contributed by atoms with Crippen LogP contribution in [-0.2, 0) is 6.42 Å². The maximum Gasteiger partial charge on any atom is 0.205 e. The minimum atomic E-state index is 0.623. The zero-order valence-electron chi connectivity index (χ0n) is 11.9. The lowest BCUT2D eigenvalue weighted by Crippen LogP contribution is -2.45. The third-order valence-electron chi connectivity index (χ3n) is 3.85. The van der Waals surface area contributed by atoms with Crippen molar-refractivity contribution in [2.75, 3.05) is 25.0 Å². The molecular weight excluding hydrogens is 244 g/mol. The second-order valence-electron chi connectivity index (χ2n) is 5.32. The van der Waals surface area contributed by atoms with Crippen LogP contribution in [0.2, 0.25) is 0 Å². The van der Waals surface area contributed by atoms with E-state index in [1.807, 2.05) is 0 Å². The lowest BCUT2D eigenvalue weighted by atomic mass is 10.0. The van der Waals surface area contributed by atoms with Crippen molar-refractivity contribution in [2.24, 2.45) is 0 Å². The zero-order chi connectivity index (χ0) is 13.1. The van der Waals surface area contributed by atoms with Gasteiger partial charge in [-0.05, 0) is 26.7 Å². The van der Waals surface area contributed by atoms with Crippen LogP contribution < -0.4 is 4.90 Å². The van der Waals surface area contributed by atoms with Gasteiger partial charge in [-0.15, -0.1) is 0 Å². The number of nitrogens with zero attached hydrogens (tertiary/aromatic N) is 4.